The lowest BCUT2D eigenvalue weighted by Crippen LogP contribution is -2.21. The Hall–Kier alpha value is -1.81. The normalized spacial score (nSPS) is 12.1. The third-order valence-corrected chi connectivity index (χ3v) is 5.30. The molecule has 118 valence electrons. The second kappa shape index (κ2) is 5.76. The van der Waals surface area contributed by atoms with Crippen LogP contribution in [-0.2, 0) is 20.0 Å². The van der Waals surface area contributed by atoms with E-state index in [2.05, 4.69) is 0 Å². The molecule has 0 aliphatic carbocycles. The summed E-state index contributed by atoms with van der Waals surface area (Å²) in [4.78, 5) is -0.120. The van der Waals surface area contributed by atoms with Crippen LogP contribution < -0.4 is 15.6 Å². The fraction of sp³-hybridized carbons (Fsp3) is 0. The highest BCUT2D eigenvalue weighted by Crippen LogP contribution is 2.29. The van der Waals surface area contributed by atoms with Crippen LogP contribution in [0.15, 0.2) is 52.3 Å². The Kier molecular flexibility index (Phi) is 4.34. The van der Waals surface area contributed by atoms with Crippen LogP contribution in [0.1, 0.15) is 0 Å². The van der Waals surface area contributed by atoms with Crippen molar-refractivity contribution in [1.29, 1.82) is 0 Å². The molecule has 2 aromatic rings. The topological polar surface area (TPSA) is 132 Å². The quantitative estimate of drug-likeness (QED) is 0.707. The highest BCUT2D eigenvalue weighted by atomic mass is 35.5. The fourth-order valence-electron chi connectivity index (χ4n) is 1.76. The molecule has 10 heteroatoms. The van der Waals surface area contributed by atoms with Gasteiger partial charge in [0.05, 0.1) is 21.2 Å². The van der Waals surface area contributed by atoms with Crippen LogP contribution in [0, 0.1) is 0 Å². The summed E-state index contributed by atoms with van der Waals surface area (Å²) in [5, 5.41) is 5.24. The zero-order valence-corrected chi connectivity index (χ0v) is 13.4. The first-order valence-electron chi connectivity index (χ1n) is 5.80. The first kappa shape index (κ1) is 16.6. The number of hydrogen-bond acceptors (Lipinski definition) is 5. The molecule has 0 bridgehead atoms. The van der Waals surface area contributed by atoms with Gasteiger partial charge in [0.1, 0.15) is 0 Å². The molecular formula is C12H12ClN3O4S2. The maximum absolute atomic E-state index is 12.5. The van der Waals surface area contributed by atoms with Gasteiger partial charge in [-0.15, -0.1) is 0 Å². The largest absolute Gasteiger partial charge is 0.398 e. The second-order valence-corrected chi connectivity index (χ2v) is 8.01. The summed E-state index contributed by atoms with van der Waals surface area (Å²) >= 11 is 5.72. The van der Waals surface area contributed by atoms with Crippen molar-refractivity contribution in [1.82, 2.24) is 0 Å². The van der Waals surface area contributed by atoms with Crippen molar-refractivity contribution in [2.75, 3.05) is 10.5 Å². The number of benzene rings is 2. The summed E-state index contributed by atoms with van der Waals surface area (Å²) in [5.41, 5.74) is 5.67. The molecule has 0 aromatic heterocycles. The molecule has 0 saturated heterocycles. The molecule has 0 spiro atoms. The summed E-state index contributed by atoms with van der Waals surface area (Å²) < 4.78 is 48.8. The van der Waals surface area contributed by atoms with Crippen molar-refractivity contribution in [3.63, 3.8) is 0 Å². The van der Waals surface area contributed by atoms with Gasteiger partial charge < -0.3 is 5.73 Å². The standard InChI is InChI=1S/C12H12ClN3O4S2/c13-8-1-4-10(5-2-8)21(17,18)12-6-3-9(7-11(12)14)16-22(15,19)20/h1-7,16H,14H2,(H2,15,19,20). The average Bonchev–Trinajstić information content (AvgIpc) is 2.36. The molecule has 0 fully saturated rings. The number of halogens is 1. The van der Waals surface area contributed by atoms with Crippen LogP contribution in [0.4, 0.5) is 11.4 Å². The SMILES string of the molecule is Nc1cc(NS(N)(=O)=O)ccc1S(=O)(=O)c1ccc(Cl)cc1. The van der Waals surface area contributed by atoms with Gasteiger partial charge in [0.25, 0.3) is 10.2 Å². The van der Waals surface area contributed by atoms with Gasteiger partial charge in [-0.05, 0) is 42.5 Å². The molecule has 0 aliphatic rings. The summed E-state index contributed by atoms with van der Waals surface area (Å²) in [5.74, 6) is 0. The molecule has 0 unspecified atom stereocenters. The van der Waals surface area contributed by atoms with Gasteiger partial charge in [-0.3, -0.25) is 4.72 Å². The van der Waals surface area contributed by atoms with E-state index in [1.807, 2.05) is 4.72 Å². The molecule has 7 nitrogen and oxygen atoms in total. The molecule has 0 radical (unpaired) electrons. The highest BCUT2D eigenvalue weighted by Gasteiger charge is 2.21. The van der Waals surface area contributed by atoms with Crippen molar-refractivity contribution in [3.05, 3.63) is 47.5 Å². The number of hydrogen-bond donors (Lipinski definition) is 3. The summed E-state index contributed by atoms with van der Waals surface area (Å²) in [7, 11) is -7.81. The Labute approximate surface area is 133 Å². The zero-order valence-electron chi connectivity index (χ0n) is 11.0. The second-order valence-electron chi connectivity index (χ2n) is 4.36. The molecule has 2 rings (SSSR count). The van der Waals surface area contributed by atoms with Crippen molar-refractivity contribution < 1.29 is 16.8 Å². The zero-order chi connectivity index (χ0) is 16.5. The number of sulfone groups is 1. The van der Waals surface area contributed by atoms with Crippen LogP contribution in [0.5, 0.6) is 0 Å². The molecular weight excluding hydrogens is 350 g/mol. The van der Waals surface area contributed by atoms with E-state index in [0.29, 0.717) is 5.02 Å². The van der Waals surface area contributed by atoms with E-state index in [-0.39, 0.29) is 21.2 Å². The first-order chi connectivity index (χ1) is 10.1. The maximum atomic E-state index is 12.5. The average molecular weight is 362 g/mol. The lowest BCUT2D eigenvalue weighted by atomic mass is 10.3. The summed E-state index contributed by atoms with van der Waals surface area (Å²) in [6.45, 7) is 0. The van der Waals surface area contributed by atoms with Gasteiger partial charge in [0, 0.05) is 5.02 Å². The van der Waals surface area contributed by atoms with Crippen LogP contribution >= 0.6 is 11.6 Å². The number of rotatable bonds is 4. The van der Waals surface area contributed by atoms with Crippen molar-refractivity contribution >= 4 is 43.0 Å². The molecule has 2 aromatic carbocycles. The molecule has 0 heterocycles. The van der Waals surface area contributed by atoms with Crippen molar-refractivity contribution in [2.45, 2.75) is 9.79 Å². The lowest BCUT2D eigenvalue weighted by molar-refractivity contribution is 0.596. The first-order valence-corrected chi connectivity index (χ1v) is 9.21. The molecule has 22 heavy (non-hydrogen) atoms. The van der Waals surface area contributed by atoms with E-state index in [1.54, 1.807) is 0 Å². The number of anilines is 2. The number of nitrogens with two attached hydrogens (primary N) is 2. The minimum Gasteiger partial charge on any atom is -0.398 e. The van der Waals surface area contributed by atoms with Gasteiger partial charge in [-0.1, -0.05) is 11.6 Å². The third kappa shape index (κ3) is 3.69. The van der Waals surface area contributed by atoms with Gasteiger partial charge in [-0.2, -0.15) is 8.42 Å². The Morgan fingerprint density at radius 2 is 1.55 bits per heavy atom. The number of nitrogens with one attached hydrogen (secondary N) is 1. The fourth-order valence-corrected chi connectivity index (χ4v) is 3.71. The molecule has 5 N–H and O–H groups in total. The van der Waals surface area contributed by atoms with Gasteiger partial charge in [0.15, 0.2) is 0 Å². The monoisotopic (exact) mass is 361 g/mol. The molecule has 0 saturated carbocycles. The van der Waals surface area contributed by atoms with Gasteiger partial charge in [-0.25, -0.2) is 13.6 Å². The maximum Gasteiger partial charge on any atom is 0.296 e. The Morgan fingerprint density at radius 3 is 2.05 bits per heavy atom. The Morgan fingerprint density at radius 1 is 0.955 bits per heavy atom. The highest BCUT2D eigenvalue weighted by molar-refractivity contribution is 7.91. The van der Waals surface area contributed by atoms with Crippen LogP contribution in [-0.4, -0.2) is 16.8 Å². The predicted octanol–water partition coefficient (Wildman–Crippen LogP) is 1.37. The minimum atomic E-state index is -3.97. The molecule has 0 atom stereocenters. The van der Waals surface area contributed by atoms with E-state index in [4.69, 9.17) is 22.5 Å². The molecule has 0 amide bonds. The summed E-state index contributed by atoms with van der Waals surface area (Å²) in [6.07, 6.45) is 0. The predicted molar refractivity (Wildman–Crippen MR) is 84.5 cm³/mol. The van der Waals surface area contributed by atoms with E-state index >= 15 is 0 Å². The third-order valence-electron chi connectivity index (χ3n) is 2.68. The van der Waals surface area contributed by atoms with Crippen LogP contribution in [0.2, 0.25) is 5.02 Å². The van der Waals surface area contributed by atoms with E-state index in [1.165, 1.54) is 42.5 Å². The number of nitrogen functional groups attached to an aromatic ring is 1. The van der Waals surface area contributed by atoms with Crippen LogP contribution in [0.25, 0.3) is 0 Å². The Balaban J connectivity index is 2.46. The van der Waals surface area contributed by atoms with E-state index < -0.39 is 20.0 Å². The summed E-state index contributed by atoms with van der Waals surface area (Å²) in [6, 6.07) is 9.23. The van der Waals surface area contributed by atoms with Gasteiger partial charge in [0.2, 0.25) is 9.84 Å². The Bertz CT molecular complexity index is 910. The molecule has 0 aliphatic heterocycles. The van der Waals surface area contributed by atoms with Crippen molar-refractivity contribution in [2.24, 2.45) is 5.14 Å². The van der Waals surface area contributed by atoms with Crippen LogP contribution in [0.3, 0.4) is 0 Å². The van der Waals surface area contributed by atoms with E-state index in [9.17, 15) is 16.8 Å². The van der Waals surface area contributed by atoms with E-state index in [0.717, 1.165) is 0 Å². The van der Waals surface area contributed by atoms with Gasteiger partial charge >= 0.3 is 0 Å². The van der Waals surface area contributed by atoms with Crippen molar-refractivity contribution in [3.8, 4) is 0 Å². The lowest BCUT2D eigenvalue weighted by Gasteiger charge is -2.10. The minimum absolute atomic E-state index is 0.0238. The smallest absolute Gasteiger partial charge is 0.296 e.